The molecule has 0 aliphatic heterocycles. The second-order valence-electron chi connectivity index (χ2n) is 8.88. The van der Waals surface area contributed by atoms with Crippen LogP contribution < -0.4 is 10.9 Å². The number of hydrogen-bond acceptors (Lipinski definition) is 6. The summed E-state index contributed by atoms with van der Waals surface area (Å²) < 4.78 is 10.6. The van der Waals surface area contributed by atoms with Crippen LogP contribution >= 0.6 is 0 Å². The first-order valence-corrected chi connectivity index (χ1v) is 10.2. The van der Waals surface area contributed by atoms with Crippen LogP contribution in [0.15, 0.2) is 70.9 Å². The van der Waals surface area contributed by atoms with Crippen LogP contribution in [-0.4, -0.2) is 34.8 Å². The summed E-state index contributed by atoms with van der Waals surface area (Å²) in [5.74, 6) is 0. The summed E-state index contributed by atoms with van der Waals surface area (Å²) in [7, 11) is 0. The van der Waals surface area contributed by atoms with Crippen molar-refractivity contribution in [3.63, 3.8) is 0 Å². The highest BCUT2D eigenvalue weighted by molar-refractivity contribution is 6.53. The average Bonchev–Trinajstić information content (AvgIpc) is 2.69. The molecular formula is C24H30N4O4. The first-order valence-electron chi connectivity index (χ1n) is 10.2. The number of carbonyl (C=O) groups is 2. The average molecular weight is 439 g/mol. The van der Waals surface area contributed by atoms with Crippen molar-refractivity contribution in [2.45, 2.75) is 52.7 Å². The van der Waals surface area contributed by atoms with Gasteiger partial charge in [-0.2, -0.15) is 10.2 Å². The number of hydrogen-bond donors (Lipinski definition) is 2. The molecule has 2 aromatic carbocycles. The Morgan fingerprint density at radius 3 is 1.22 bits per heavy atom. The molecule has 0 heterocycles. The van der Waals surface area contributed by atoms with Gasteiger partial charge in [0, 0.05) is 11.1 Å². The fourth-order valence-corrected chi connectivity index (χ4v) is 2.51. The SMILES string of the molecule is CC(C)(C)OC(=O)N/N=C(/C(=N/NC(=O)OC(C)(C)C)c1ccccc1)c1ccccc1. The van der Waals surface area contributed by atoms with Gasteiger partial charge in [0.1, 0.15) is 22.6 Å². The molecule has 2 rings (SSSR count). The maximum absolute atomic E-state index is 12.2. The third-order valence-corrected chi connectivity index (χ3v) is 3.63. The molecule has 8 nitrogen and oxygen atoms in total. The van der Waals surface area contributed by atoms with Gasteiger partial charge in [-0.1, -0.05) is 60.7 Å². The molecular weight excluding hydrogens is 408 g/mol. The molecule has 2 N–H and O–H groups in total. The minimum atomic E-state index is -0.710. The summed E-state index contributed by atoms with van der Waals surface area (Å²) in [4.78, 5) is 24.4. The van der Waals surface area contributed by atoms with E-state index in [1.54, 1.807) is 41.5 Å². The zero-order valence-corrected chi connectivity index (χ0v) is 19.3. The van der Waals surface area contributed by atoms with Crippen LogP contribution in [0.25, 0.3) is 0 Å². The molecule has 0 atom stereocenters. The predicted octanol–water partition coefficient (Wildman–Crippen LogP) is 4.84. The summed E-state index contributed by atoms with van der Waals surface area (Å²) in [5.41, 5.74) is 5.49. The monoisotopic (exact) mass is 438 g/mol. The molecule has 0 aliphatic carbocycles. The Bertz CT molecular complexity index is 891. The number of amides is 2. The highest BCUT2D eigenvalue weighted by Crippen LogP contribution is 2.12. The second-order valence-corrected chi connectivity index (χ2v) is 8.88. The van der Waals surface area contributed by atoms with Gasteiger partial charge in [-0.15, -0.1) is 0 Å². The van der Waals surface area contributed by atoms with Gasteiger partial charge in [-0.25, -0.2) is 20.4 Å². The van der Waals surface area contributed by atoms with E-state index in [2.05, 4.69) is 21.1 Å². The Labute approximate surface area is 188 Å². The van der Waals surface area contributed by atoms with Crippen LogP contribution in [0.3, 0.4) is 0 Å². The zero-order chi connectivity index (χ0) is 23.8. The van der Waals surface area contributed by atoms with Crippen LogP contribution in [0.1, 0.15) is 52.7 Å². The van der Waals surface area contributed by atoms with Gasteiger partial charge >= 0.3 is 12.2 Å². The number of nitrogens with one attached hydrogen (secondary N) is 2. The standard InChI is InChI=1S/C24H30N4O4/c1-23(2,3)31-21(29)27-25-19(17-13-9-7-10-14-17)20(18-15-11-8-12-16-18)26-28-22(30)32-24(4,5)6/h7-16H,1-6H3,(H,27,29)(H,28,30)/b25-19+,26-20+. The Hall–Kier alpha value is -3.68. The molecule has 0 fully saturated rings. The van der Waals surface area contributed by atoms with Gasteiger partial charge < -0.3 is 9.47 Å². The number of benzene rings is 2. The van der Waals surface area contributed by atoms with Crippen LogP contribution in [0, 0.1) is 0 Å². The lowest BCUT2D eigenvalue weighted by Gasteiger charge is -2.19. The normalized spacial score (nSPS) is 12.7. The van der Waals surface area contributed by atoms with Crippen molar-refractivity contribution in [1.29, 1.82) is 0 Å². The van der Waals surface area contributed by atoms with E-state index in [1.165, 1.54) is 0 Å². The van der Waals surface area contributed by atoms with E-state index < -0.39 is 23.4 Å². The largest absolute Gasteiger partial charge is 0.443 e. The molecule has 0 aliphatic rings. The van der Waals surface area contributed by atoms with Gasteiger partial charge in [0.2, 0.25) is 0 Å². The molecule has 32 heavy (non-hydrogen) atoms. The van der Waals surface area contributed by atoms with E-state index >= 15 is 0 Å². The third-order valence-electron chi connectivity index (χ3n) is 3.63. The zero-order valence-electron chi connectivity index (χ0n) is 19.3. The molecule has 2 amide bonds. The van der Waals surface area contributed by atoms with Crippen molar-refractivity contribution < 1.29 is 19.1 Å². The van der Waals surface area contributed by atoms with Gasteiger partial charge in [0.05, 0.1) is 0 Å². The van der Waals surface area contributed by atoms with Crippen molar-refractivity contribution in [3.05, 3.63) is 71.8 Å². The molecule has 8 heteroatoms. The molecule has 0 spiro atoms. The molecule has 2 aromatic rings. The van der Waals surface area contributed by atoms with E-state index in [9.17, 15) is 9.59 Å². The number of hydrazone groups is 2. The molecule has 170 valence electrons. The number of rotatable bonds is 5. The fourth-order valence-electron chi connectivity index (χ4n) is 2.51. The van der Waals surface area contributed by atoms with Crippen molar-refractivity contribution in [2.24, 2.45) is 10.2 Å². The van der Waals surface area contributed by atoms with Crippen molar-refractivity contribution in [1.82, 2.24) is 10.9 Å². The predicted molar refractivity (Wildman–Crippen MR) is 125 cm³/mol. The molecule has 0 saturated carbocycles. The Morgan fingerprint density at radius 2 is 0.938 bits per heavy atom. The Balaban J connectivity index is 2.47. The second kappa shape index (κ2) is 10.6. The molecule has 0 unspecified atom stereocenters. The minimum Gasteiger partial charge on any atom is -0.443 e. The lowest BCUT2D eigenvalue weighted by atomic mass is 10.00. The van der Waals surface area contributed by atoms with E-state index in [0.29, 0.717) is 22.6 Å². The fraction of sp³-hybridized carbons (Fsp3) is 0.333. The lowest BCUT2D eigenvalue weighted by Crippen LogP contribution is -2.33. The van der Waals surface area contributed by atoms with Crippen molar-refractivity contribution in [3.8, 4) is 0 Å². The summed E-state index contributed by atoms with van der Waals surface area (Å²) in [6.45, 7) is 10.6. The smallest absolute Gasteiger partial charge is 0.428 e. The van der Waals surface area contributed by atoms with E-state index in [-0.39, 0.29) is 0 Å². The van der Waals surface area contributed by atoms with Gasteiger partial charge in [-0.05, 0) is 41.5 Å². The Morgan fingerprint density at radius 1 is 0.625 bits per heavy atom. The van der Waals surface area contributed by atoms with Crippen LogP contribution in [0.4, 0.5) is 9.59 Å². The van der Waals surface area contributed by atoms with Crippen LogP contribution in [0.2, 0.25) is 0 Å². The minimum absolute atomic E-state index is 0.332. The summed E-state index contributed by atoms with van der Waals surface area (Å²) in [5, 5.41) is 8.55. The highest BCUT2D eigenvalue weighted by atomic mass is 16.6. The van der Waals surface area contributed by atoms with Gasteiger partial charge in [0.25, 0.3) is 0 Å². The quantitative estimate of drug-likeness (QED) is 0.515. The van der Waals surface area contributed by atoms with Gasteiger partial charge in [0.15, 0.2) is 0 Å². The molecule has 0 aromatic heterocycles. The van der Waals surface area contributed by atoms with E-state index in [4.69, 9.17) is 9.47 Å². The summed E-state index contributed by atoms with van der Waals surface area (Å²) in [6.07, 6.45) is -1.42. The summed E-state index contributed by atoms with van der Waals surface area (Å²) in [6, 6.07) is 18.3. The number of ether oxygens (including phenoxy) is 2. The van der Waals surface area contributed by atoms with Crippen molar-refractivity contribution >= 4 is 23.6 Å². The maximum atomic E-state index is 12.2. The lowest BCUT2D eigenvalue weighted by molar-refractivity contribution is 0.0517. The molecule has 0 bridgehead atoms. The molecule has 0 saturated heterocycles. The third kappa shape index (κ3) is 8.59. The van der Waals surface area contributed by atoms with Crippen LogP contribution in [-0.2, 0) is 9.47 Å². The van der Waals surface area contributed by atoms with Crippen molar-refractivity contribution in [2.75, 3.05) is 0 Å². The summed E-state index contributed by atoms with van der Waals surface area (Å²) >= 11 is 0. The highest BCUT2D eigenvalue weighted by Gasteiger charge is 2.20. The van der Waals surface area contributed by atoms with E-state index in [0.717, 1.165) is 0 Å². The number of carbonyl (C=O) groups excluding carboxylic acids is 2. The van der Waals surface area contributed by atoms with E-state index in [1.807, 2.05) is 60.7 Å². The van der Waals surface area contributed by atoms with Crippen LogP contribution in [0.5, 0.6) is 0 Å². The number of nitrogens with zero attached hydrogens (tertiary/aromatic N) is 2. The first-order chi connectivity index (χ1) is 14.9. The topological polar surface area (TPSA) is 101 Å². The maximum Gasteiger partial charge on any atom is 0.428 e. The van der Waals surface area contributed by atoms with Gasteiger partial charge in [-0.3, -0.25) is 0 Å². The molecule has 0 radical (unpaired) electrons. The Kier molecular flexibility index (Phi) is 8.12. The first kappa shape index (κ1) is 24.6.